The van der Waals surface area contributed by atoms with E-state index in [1.165, 1.54) is 12.3 Å². The van der Waals surface area contributed by atoms with Crippen LogP contribution < -0.4 is 10.1 Å². The quantitative estimate of drug-likeness (QED) is 0.652. The second-order valence-electron chi connectivity index (χ2n) is 4.69. The van der Waals surface area contributed by atoms with E-state index in [1.54, 1.807) is 13.2 Å². The Kier molecular flexibility index (Phi) is 4.71. The van der Waals surface area contributed by atoms with E-state index in [9.17, 15) is 10.1 Å². The summed E-state index contributed by atoms with van der Waals surface area (Å²) in [6.45, 7) is 1.95. The first-order valence-electron chi connectivity index (χ1n) is 6.59. The molecule has 0 aliphatic carbocycles. The van der Waals surface area contributed by atoms with Crippen LogP contribution in [0.1, 0.15) is 12.5 Å². The SMILES string of the molecule is COc1ccccc1CC(C)Nc1ncccc1[N+](=O)[O-]. The maximum absolute atomic E-state index is 11.0. The Bertz CT molecular complexity index is 631. The molecular formula is C15H17N3O3. The molecule has 1 atom stereocenters. The van der Waals surface area contributed by atoms with Crippen LogP contribution in [0.25, 0.3) is 0 Å². The van der Waals surface area contributed by atoms with Crippen LogP contribution in [0.4, 0.5) is 11.5 Å². The van der Waals surface area contributed by atoms with Crippen molar-refractivity contribution in [3.8, 4) is 5.75 Å². The summed E-state index contributed by atoms with van der Waals surface area (Å²) < 4.78 is 5.31. The molecule has 1 aromatic carbocycles. The smallest absolute Gasteiger partial charge is 0.311 e. The van der Waals surface area contributed by atoms with Gasteiger partial charge in [0, 0.05) is 18.3 Å². The summed E-state index contributed by atoms with van der Waals surface area (Å²) in [6.07, 6.45) is 2.21. The lowest BCUT2D eigenvalue weighted by Crippen LogP contribution is -2.20. The molecule has 1 aromatic heterocycles. The third kappa shape index (κ3) is 3.68. The molecule has 21 heavy (non-hydrogen) atoms. The van der Waals surface area contributed by atoms with Gasteiger partial charge in [0.25, 0.3) is 0 Å². The Labute approximate surface area is 122 Å². The van der Waals surface area contributed by atoms with Crippen molar-refractivity contribution in [1.82, 2.24) is 4.98 Å². The molecule has 0 spiro atoms. The molecule has 0 radical (unpaired) electrons. The molecule has 0 bridgehead atoms. The van der Waals surface area contributed by atoms with Gasteiger partial charge < -0.3 is 10.1 Å². The highest BCUT2D eigenvalue weighted by atomic mass is 16.6. The molecule has 110 valence electrons. The van der Waals surface area contributed by atoms with Crippen molar-refractivity contribution >= 4 is 11.5 Å². The first-order valence-corrected chi connectivity index (χ1v) is 6.59. The number of nitrogens with zero attached hydrogens (tertiary/aromatic N) is 2. The zero-order chi connectivity index (χ0) is 15.2. The maximum atomic E-state index is 11.0. The Morgan fingerprint density at radius 3 is 2.81 bits per heavy atom. The lowest BCUT2D eigenvalue weighted by molar-refractivity contribution is -0.384. The van der Waals surface area contributed by atoms with E-state index in [2.05, 4.69) is 10.3 Å². The van der Waals surface area contributed by atoms with Gasteiger partial charge in [0.2, 0.25) is 5.82 Å². The molecule has 1 heterocycles. The van der Waals surface area contributed by atoms with Gasteiger partial charge in [-0.2, -0.15) is 0 Å². The number of ether oxygens (including phenoxy) is 1. The second-order valence-corrected chi connectivity index (χ2v) is 4.69. The normalized spacial score (nSPS) is 11.7. The average Bonchev–Trinajstić information content (AvgIpc) is 2.48. The van der Waals surface area contributed by atoms with Crippen molar-refractivity contribution < 1.29 is 9.66 Å². The van der Waals surface area contributed by atoms with Crippen LogP contribution in [0.5, 0.6) is 5.75 Å². The molecule has 6 heteroatoms. The summed E-state index contributed by atoms with van der Waals surface area (Å²) in [6, 6.07) is 10.7. The molecule has 0 amide bonds. The van der Waals surface area contributed by atoms with E-state index in [1.807, 2.05) is 31.2 Å². The second kappa shape index (κ2) is 6.69. The Morgan fingerprint density at radius 1 is 1.33 bits per heavy atom. The van der Waals surface area contributed by atoms with Crippen LogP contribution in [0.15, 0.2) is 42.6 Å². The minimum absolute atomic E-state index is 0.0186. The highest BCUT2D eigenvalue weighted by Crippen LogP contribution is 2.23. The summed E-state index contributed by atoms with van der Waals surface area (Å²) in [5.41, 5.74) is 1.02. The minimum Gasteiger partial charge on any atom is -0.496 e. The van der Waals surface area contributed by atoms with E-state index in [-0.39, 0.29) is 17.5 Å². The standard InChI is InChI=1S/C15H17N3O3/c1-11(10-12-6-3-4-8-14(12)21-2)17-15-13(18(19)20)7-5-9-16-15/h3-9,11H,10H2,1-2H3,(H,16,17). The van der Waals surface area contributed by atoms with Crippen molar-refractivity contribution in [2.75, 3.05) is 12.4 Å². The maximum Gasteiger partial charge on any atom is 0.311 e. The monoisotopic (exact) mass is 287 g/mol. The van der Waals surface area contributed by atoms with Crippen LogP contribution in [-0.2, 0) is 6.42 Å². The van der Waals surface area contributed by atoms with Crippen LogP contribution >= 0.6 is 0 Å². The number of nitrogens with one attached hydrogen (secondary N) is 1. The van der Waals surface area contributed by atoms with E-state index in [4.69, 9.17) is 4.74 Å². The molecule has 0 fully saturated rings. The summed E-state index contributed by atoms with van der Waals surface area (Å²) >= 11 is 0. The molecule has 0 saturated carbocycles. The largest absolute Gasteiger partial charge is 0.496 e. The number of hydrogen-bond donors (Lipinski definition) is 1. The zero-order valence-corrected chi connectivity index (χ0v) is 11.9. The van der Waals surface area contributed by atoms with Gasteiger partial charge in [0.1, 0.15) is 5.75 Å². The summed E-state index contributed by atoms with van der Waals surface area (Å²) in [5.74, 6) is 1.09. The van der Waals surface area contributed by atoms with Gasteiger partial charge in [0.05, 0.1) is 12.0 Å². The lowest BCUT2D eigenvalue weighted by atomic mass is 10.1. The van der Waals surface area contributed by atoms with Crippen molar-refractivity contribution in [2.24, 2.45) is 0 Å². The summed E-state index contributed by atoms with van der Waals surface area (Å²) in [5, 5.41) is 14.1. The van der Waals surface area contributed by atoms with Crippen LogP contribution in [0.2, 0.25) is 0 Å². The van der Waals surface area contributed by atoms with Gasteiger partial charge >= 0.3 is 5.69 Å². The van der Waals surface area contributed by atoms with Gasteiger partial charge in [-0.05, 0) is 31.0 Å². The predicted molar refractivity (Wildman–Crippen MR) is 80.7 cm³/mol. The number of anilines is 1. The number of rotatable bonds is 6. The molecule has 2 aromatic rings. The third-order valence-electron chi connectivity index (χ3n) is 3.08. The first kappa shape index (κ1) is 14.8. The number of pyridine rings is 1. The summed E-state index contributed by atoms with van der Waals surface area (Å²) in [7, 11) is 1.63. The van der Waals surface area contributed by atoms with Crippen molar-refractivity contribution in [1.29, 1.82) is 0 Å². The van der Waals surface area contributed by atoms with Crippen molar-refractivity contribution in [2.45, 2.75) is 19.4 Å². The van der Waals surface area contributed by atoms with Gasteiger partial charge in [-0.1, -0.05) is 18.2 Å². The number of para-hydroxylation sites is 1. The fourth-order valence-corrected chi connectivity index (χ4v) is 2.14. The van der Waals surface area contributed by atoms with Gasteiger partial charge in [-0.25, -0.2) is 4.98 Å². The fraction of sp³-hybridized carbons (Fsp3) is 0.267. The van der Waals surface area contributed by atoms with Gasteiger partial charge in [-0.15, -0.1) is 0 Å². The molecule has 0 aliphatic heterocycles. The number of methoxy groups -OCH3 is 1. The Hall–Kier alpha value is -2.63. The van der Waals surface area contributed by atoms with E-state index >= 15 is 0 Å². The number of hydrogen-bond acceptors (Lipinski definition) is 5. The van der Waals surface area contributed by atoms with Crippen LogP contribution in [-0.4, -0.2) is 23.1 Å². The average molecular weight is 287 g/mol. The molecule has 6 nitrogen and oxygen atoms in total. The summed E-state index contributed by atoms with van der Waals surface area (Å²) in [4.78, 5) is 14.6. The molecular weight excluding hydrogens is 270 g/mol. The number of nitro groups is 1. The van der Waals surface area contributed by atoms with Crippen LogP contribution in [0.3, 0.4) is 0 Å². The van der Waals surface area contributed by atoms with Gasteiger partial charge in [0.15, 0.2) is 0 Å². The van der Waals surface area contributed by atoms with E-state index < -0.39 is 4.92 Å². The topological polar surface area (TPSA) is 77.3 Å². The van der Waals surface area contributed by atoms with E-state index in [0.717, 1.165) is 11.3 Å². The Morgan fingerprint density at radius 2 is 2.10 bits per heavy atom. The highest BCUT2D eigenvalue weighted by molar-refractivity contribution is 5.55. The fourth-order valence-electron chi connectivity index (χ4n) is 2.14. The molecule has 2 rings (SSSR count). The first-order chi connectivity index (χ1) is 10.1. The molecule has 1 unspecified atom stereocenters. The molecule has 1 N–H and O–H groups in total. The lowest BCUT2D eigenvalue weighted by Gasteiger charge is -2.16. The Balaban J connectivity index is 2.12. The van der Waals surface area contributed by atoms with Crippen LogP contribution in [0, 0.1) is 10.1 Å². The highest BCUT2D eigenvalue weighted by Gasteiger charge is 2.16. The van der Waals surface area contributed by atoms with Gasteiger partial charge in [-0.3, -0.25) is 10.1 Å². The minimum atomic E-state index is -0.439. The zero-order valence-electron chi connectivity index (χ0n) is 11.9. The molecule has 0 saturated heterocycles. The number of aromatic nitrogens is 1. The third-order valence-corrected chi connectivity index (χ3v) is 3.08. The van der Waals surface area contributed by atoms with Crippen molar-refractivity contribution in [3.05, 3.63) is 58.3 Å². The van der Waals surface area contributed by atoms with E-state index in [0.29, 0.717) is 6.42 Å². The van der Waals surface area contributed by atoms with Crippen molar-refractivity contribution in [3.63, 3.8) is 0 Å². The molecule has 0 aliphatic rings. The predicted octanol–water partition coefficient (Wildman–Crippen LogP) is 3.04. The number of benzene rings is 1.